The molecule has 1 heterocycles. The lowest BCUT2D eigenvalue weighted by Gasteiger charge is -2.23. The van der Waals surface area contributed by atoms with E-state index in [-0.39, 0.29) is 24.0 Å². The van der Waals surface area contributed by atoms with Crippen molar-refractivity contribution in [3.05, 3.63) is 53.6 Å². The lowest BCUT2D eigenvalue weighted by Crippen LogP contribution is -2.48. The number of ether oxygens (including phenoxy) is 1. The number of halogens is 1. The largest absolute Gasteiger partial charge is 0.482 e. The standard InChI is InChI=1S/C19H20ClNO4S/c1-19(9-10-26(23,24)13-19)21-18(22)12-25-17-8-7-15(11-16(17)20)14-5-3-2-4-6-14/h2-8,11H,9-10,12-13H2,1H3,(H,21,22)/t19-/m1/s1. The molecule has 3 rings (SSSR count). The van der Waals surface area contributed by atoms with Crippen molar-refractivity contribution in [2.75, 3.05) is 18.1 Å². The van der Waals surface area contributed by atoms with Gasteiger partial charge in [0.1, 0.15) is 5.75 Å². The zero-order chi connectivity index (χ0) is 18.8. The second kappa shape index (κ2) is 7.29. The molecule has 5 nitrogen and oxygen atoms in total. The monoisotopic (exact) mass is 393 g/mol. The minimum atomic E-state index is -3.08. The summed E-state index contributed by atoms with van der Waals surface area (Å²) in [6.07, 6.45) is 0.410. The molecular weight excluding hydrogens is 374 g/mol. The molecule has 1 aliphatic rings. The number of rotatable bonds is 5. The maximum absolute atomic E-state index is 12.1. The first-order valence-electron chi connectivity index (χ1n) is 8.26. The van der Waals surface area contributed by atoms with Crippen LogP contribution in [0.15, 0.2) is 48.5 Å². The van der Waals surface area contributed by atoms with Gasteiger partial charge in [0.05, 0.1) is 22.1 Å². The Hall–Kier alpha value is -2.05. The fraction of sp³-hybridized carbons (Fsp3) is 0.316. The van der Waals surface area contributed by atoms with Crippen molar-refractivity contribution in [3.63, 3.8) is 0 Å². The predicted octanol–water partition coefficient (Wildman–Crippen LogP) is 3.08. The molecule has 1 N–H and O–H groups in total. The van der Waals surface area contributed by atoms with Gasteiger partial charge in [-0.15, -0.1) is 0 Å². The van der Waals surface area contributed by atoms with Crippen LogP contribution in [0.2, 0.25) is 5.02 Å². The molecule has 0 unspecified atom stereocenters. The molecule has 0 aromatic heterocycles. The Bertz CT molecular complexity index is 914. The highest BCUT2D eigenvalue weighted by Gasteiger charge is 2.39. The van der Waals surface area contributed by atoms with Crippen molar-refractivity contribution in [2.45, 2.75) is 18.9 Å². The molecule has 2 aromatic carbocycles. The highest BCUT2D eigenvalue weighted by atomic mass is 35.5. The van der Waals surface area contributed by atoms with Gasteiger partial charge >= 0.3 is 0 Å². The van der Waals surface area contributed by atoms with Crippen LogP contribution in [-0.4, -0.2) is 38.0 Å². The minimum Gasteiger partial charge on any atom is -0.482 e. The number of carbonyl (C=O) groups is 1. The number of carbonyl (C=O) groups excluding carboxylic acids is 1. The summed E-state index contributed by atoms with van der Waals surface area (Å²) in [4.78, 5) is 12.1. The smallest absolute Gasteiger partial charge is 0.258 e. The molecule has 0 aliphatic carbocycles. The van der Waals surface area contributed by atoms with Crippen LogP contribution in [0.3, 0.4) is 0 Å². The molecule has 26 heavy (non-hydrogen) atoms. The average Bonchev–Trinajstić information content (AvgIpc) is 2.87. The van der Waals surface area contributed by atoms with Gasteiger partial charge in [-0.05, 0) is 36.6 Å². The van der Waals surface area contributed by atoms with Gasteiger partial charge in [0.2, 0.25) is 0 Å². The first kappa shape index (κ1) is 18.7. The summed E-state index contributed by atoms with van der Waals surface area (Å²) in [6.45, 7) is 1.51. The van der Waals surface area contributed by atoms with Gasteiger partial charge in [-0.1, -0.05) is 48.0 Å². The molecule has 0 spiro atoms. The van der Waals surface area contributed by atoms with E-state index in [4.69, 9.17) is 16.3 Å². The molecule has 1 atom stereocenters. The van der Waals surface area contributed by atoms with Crippen molar-refractivity contribution in [1.82, 2.24) is 5.32 Å². The molecule has 0 saturated carbocycles. The van der Waals surface area contributed by atoms with E-state index < -0.39 is 15.4 Å². The number of benzene rings is 2. The summed E-state index contributed by atoms with van der Waals surface area (Å²) in [5.74, 6) is 0.0915. The Morgan fingerprint density at radius 3 is 2.54 bits per heavy atom. The van der Waals surface area contributed by atoms with E-state index in [1.165, 1.54) is 0 Å². The normalized spacial score (nSPS) is 21.3. The Labute approximate surface area is 158 Å². The predicted molar refractivity (Wildman–Crippen MR) is 102 cm³/mol. The van der Waals surface area contributed by atoms with Gasteiger partial charge in [-0.25, -0.2) is 8.42 Å². The summed E-state index contributed by atoms with van der Waals surface area (Å²) in [5.41, 5.74) is 1.25. The van der Waals surface area contributed by atoms with Crippen LogP contribution in [0.4, 0.5) is 0 Å². The molecular formula is C19H20ClNO4S. The number of hydrogen-bond donors (Lipinski definition) is 1. The van der Waals surface area contributed by atoms with Crippen molar-refractivity contribution >= 4 is 27.3 Å². The summed E-state index contributed by atoms with van der Waals surface area (Å²) < 4.78 is 28.7. The van der Waals surface area contributed by atoms with Crippen molar-refractivity contribution in [1.29, 1.82) is 0 Å². The number of nitrogens with one attached hydrogen (secondary N) is 1. The topological polar surface area (TPSA) is 72.5 Å². The van der Waals surface area contributed by atoms with Gasteiger partial charge < -0.3 is 10.1 Å². The van der Waals surface area contributed by atoms with E-state index in [0.717, 1.165) is 11.1 Å². The van der Waals surface area contributed by atoms with E-state index in [1.54, 1.807) is 19.1 Å². The first-order valence-corrected chi connectivity index (χ1v) is 10.5. The third kappa shape index (κ3) is 4.56. The SMILES string of the molecule is C[C@@]1(NC(=O)COc2ccc(-c3ccccc3)cc2Cl)CCS(=O)(=O)C1. The van der Waals surface area contributed by atoms with Crippen LogP contribution in [0.25, 0.3) is 11.1 Å². The summed E-state index contributed by atoms with van der Waals surface area (Å²) >= 11 is 6.26. The van der Waals surface area contributed by atoms with E-state index in [0.29, 0.717) is 17.2 Å². The quantitative estimate of drug-likeness (QED) is 0.847. The second-order valence-corrected chi connectivity index (χ2v) is 9.34. The molecule has 2 aromatic rings. The van der Waals surface area contributed by atoms with Gasteiger partial charge in [0.25, 0.3) is 5.91 Å². The second-order valence-electron chi connectivity index (χ2n) is 6.75. The Morgan fingerprint density at radius 2 is 1.92 bits per heavy atom. The van der Waals surface area contributed by atoms with Gasteiger partial charge in [-0.3, -0.25) is 4.79 Å². The van der Waals surface area contributed by atoms with E-state index >= 15 is 0 Å². The van der Waals surface area contributed by atoms with Gasteiger partial charge in [-0.2, -0.15) is 0 Å². The molecule has 0 radical (unpaired) electrons. The Morgan fingerprint density at radius 1 is 1.19 bits per heavy atom. The minimum absolute atomic E-state index is 0.0434. The van der Waals surface area contributed by atoms with Crippen LogP contribution in [0.5, 0.6) is 5.75 Å². The average molecular weight is 394 g/mol. The summed E-state index contributed by atoms with van der Waals surface area (Å²) in [5, 5.41) is 3.16. The zero-order valence-corrected chi connectivity index (χ0v) is 15.9. The van der Waals surface area contributed by atoms with E-state index in [9.17, 15) is 13.2 Å². The Kier molecular flexibility index (Phi) is 5.25. The summed E-state index contributed by atoms with van der Waals surface area (Å²) in [6, 6.07) is 15.2. The fourth-order valence-corrected chi connectivity index (χ4v) is 5.38. The molecule has 1 aliphatic heterocycles. The third-order valence-corrected chi connectivity index (χ3v) is 6.54. The van der Waals surface area contributed by atoms with Crippen molar-refractivity contribution < 1.29 is 17.9 Å². The van der Waals surface area contributed by atoms with Crippen LogP contribution >= 0.6 is 11.6 Å². The molecule has 138 valence electrons. The number of amides is 1. The highest BCUT2D eigenvalue weighted by molar-refractivity contribution is 7.91. The fourth-order valence-electron chi connectivity index (χ4n) is 3.05. The summed E-state index contributed by atoms with van der Waals surface area (Å²) in [7, 11) is -3.08. The van der Waals surface area contributed by atoms with Gasteiger partial charge in [0, 0.05) is 0 Å². The molecule has 7 heteroatoms. The maximum Gasteiger partial charge on any atom is 0.258 e. The van der Waals surface area contributed by atoms with Crippen LogP contribution < -0.4 is 10.1 Å². The number of sulfone groups is 1. The zero-order valence-electron chi connectivity index (χ0n) is 14.4. The highest BCUT2D eigenvalue weighted by Crippen LogP contribution is 2.30. The van der Waals surface area contributed by atoms with Crippen LogP contribution in [0.1, 0.15) is 13.3 Å². The van der Waals surface area contributed by atoms with Crippen molar-refractivity contribution in [3.8, 4) is 16.9 Å². The first-order chi connectivity index (χ1) is 12.3. The van der Waals surface area contributed by atoms with E-state index in [1.807, 2.05) is 36.4 Å². The lowest BCUT2D eigenvalue weighted by molar-refractivity contribution is -0.124. The van der Waals surface area contributed by atoms with Crippen LogP contribution in [0, 0.1) is 0 Å². The van der Waals surface area contributed by atoms with Gasteiger partial charge in [0.15, 0.2) is 16.4 Å². The molecule has 1 amide bonds. The van der Waals surface area contributed by atoms with Crippen molar-refractivity contribution in [2.24, 2.45) is 0 Å². The third-order valence-electron chi connectivity index (χ3n) is 4.34. The number of hydrogen-bond acceptors (Lipinski definition) is 4. The lowest BCUT2D eigenvalue weighted by atomic mass is 10.0. The molecule has 1 fully saturated rings. The van der Waals surface area contributed by atoms with Crippen LogP contribution in [-0.2, 0) is 14.6 Å². The molecule has 0 bridgehead atoms. The maximum atomic E-state index is 12.1. The molecule has 1 saturated heterocycles. The van der Waals surface area contributed by atoms with E-state index in [2.05, 4.69) is 5.32 Å². The Balaban J connectivity index is 1.60.